The Bertz CT molecular complexity index is 253. The first-order valence-corrected chi connectivity index (χ1v) is 11.0. The lowest BCUT2D eigenvalue weighted by Crippen LogP contribution is -2.25. The number of aliphatic hydroxyl groups is 4. The van der Waals surface area contributed by atoms with Crippen LogP contribution >= 0.6 is 0 Å². The number of rotatable bonds is 19. The highest BCUT2D eigenvalue weighted by atomic mass is 16.3. The minimum Gasteiger partial charge on any atom is -0.393 e. The Morgan fingerprint density at radius 2 is 0.808 bits per heavy atom. The van der Waals surface area contributed by atoms with Crippen LogP contribution in [0.2, 0.25) is 0 Å². The Morgan fingerprint density at radius 1 is 0.500 bits per heavy atom. The van der Waals surface area contributed by atoms with E-state index in [2.05, 4.69) is 6.92 Å². The summed E-state index contributed by atoms with van der Waals surface area (Å²) in [7, 11) is 0. The van der Waals surface area contributed by atoms with Gasteiger partial charge in [-0.05, 0) is 39.5 Å². The van der Waals surface area contributed by atoms with Crippen LogP contribution in [0, 0.1) is 6.92 Å². The molecule has 0 rings (SSSR count). The molecule has 0 aromatic heterocycles. The molecule has 1 radical (unpaired) electrons. The molecular formula is C22H45O4. The maximum Gasteiger partial charge on any atom is 0.0799 e. The average molecular weight is 374 g/mol. The highest BCUT2D eigenvalue weighted by molar-refractivity contribution is 4.67. The molecule has 26 heavy (non-hydrogen) atoms. The van der Waals surface area contributed by atoms with Crippen molar-refractivity contribution in [3.05, 3.63) is 6.92 Å². The summed E-state index contributed by atoms with van der Waals surface area (Å²) in [6.07, 6.45) is 14.6. The van der Waals surface area contributed by atoms with Crippen molar-refractivity contribution in [2.75, 3.05) is 0 Å². The summed E-state index contributed by atoms with van der Waals surface area (Å²) in [4.78, 5) is 0. The molecule has 0 saturated carbocycles. The van der Waals surface area contributed by atoms with Crippen LogP contribution in [0.4, 0.5) is 0 Å². The van der Waals surface area contributed by atoms with Crippen LogP contribution in [0.25, 0.3) is 0 Å². The van der Waals surface area contributed by atoms with Crippen LogP contribution in [0.5, 0.6) is 0 Å². The van der Waals surface area contributed by atoms with Crippen LogP contribution in [0.3, 0.4) is 0 Å². The molecule has 0 bridgehead atoms. The molecule has 4 heteroatoms. The lowest BCUT2D eigenvalue weighted by molar-refractivity contribution is 0.00711. The Labute approximate surface area is 162 Å². The van der Waals surface area contributed by atoms with Gasteiger partial charge in [0.2, 0.25) is 0 Å². The van der Waals surface area contributed by atoms with Gasteiger partial charge in [-0.1, -0.05) is 77.0 Å². The van der Waals surface area contributed by atoms with E-state index < -0.39 is 18.3 Å². The third-order valence-electron chi connectivity index (χ3n) is 5.10. The zero-order chi connectivity index (χ0) is 19.6. The predicted octanol–water partition coefficient (Wildman–Crippen LogP) is 4.53. The van der Waals surface area contributed by atoms with Crippen molar-refractivity contribution in [2.45, 2.75) is 134 Å². The summed E-state index contributed by atoms with van der Waals surface area (Å²) >= 11 is 0. The number of hydrogen-bond acceptors (Lipinski definition) is 4. The molecule has 0 aromatic rings. The average Bonchev–Trinajstić information content (AvgIpc) is 2.58. The quantitative estimate of drug-likeness (QED) is 0.251. The predicted molar refractivity (Wildman–Crippen MR) is 109 cm³/mol. The standard InChI is InChI=1S/C22H45O4/c1-19(23)15-11-7-3-5-9-13-17-21(25)22(26)18-14-10-6-4-8-12-16-20(2)24/h19-26H,1,3-18H2,2H3. The third kappa shape index (κ3) is 18.6. The zero-order valence-corrected chi connectivity index (χ0v) is 17.1. The summed E-state index contributed by atoms with van der Waals surface area (Å²) < 4.78 is 0. The fraction of sp³-hybridized carbons (Fsp3) is 0.955. The molecule has 4 unspecified atom stereocenters. The lowest BCUT2D eigenvalue weighted by Gasteiger charge is -2.17. The second kappa shape index (κ2) is 18.2. The molecule has 0 spiro atoms. The first-order chi connectivity index (χ1) is 12.4. The lowest BCUT2D eigenvalue weighted by atomic mass is 9.99. The Morgan fingerprint density at radius 3 is 1.15 bits per heavy atom. The highest BCUT2D eigenvalue weighted by Gasteiger charge is 2.15. The normalized spacial score (nSPS) is 16.4. The first-order valence-electron chi connectivity index (χ1n) is 11.0. The van der Waals surface area contributed by atoms with Gasteiger partial charge < -0.3 is 20.4 Å². The maximum absolute atomic E-state index is 10.0. The van der Waals surface area contributed by atoms with Gasteiger partial charge >= 0.3 is 0 Å². The molecule has 0 saturated heterocycles. The van der Waals surface area contributed by atoms with Gasteiger partial charge in [0.05, 0.1) is 24.4 Å². The molecule has 0 aliphatic heterocycles. The molecule has 0 amide bonds. The smallest absolute Gasteiger partial charge is 0.0799 e. The van der Waals surface area contributed by atoms with E-state index in [1.807, 2.05) is 6.92 Å². The Balaban J connectivity index is 3.36. The number of hydrogen-bond donors (Lipinski definition) is 4. The van der Waals surface area contributed by atoms with E-state index in [-0.39, 0.29) is 6.10 Å². The molecule has 0 fully saturated rings. The molecule has 0 aliphatic carbocycles. The van der Waals surface area contributed by atoms with Gasteiger partial charge in [-0.2, -0.15) is 0 Å². The third-order valence-corrected chi connectivity index (χ3v) is 5.10. The van der Waals surface area contributed by atoms with Gasteiger partial charge in [0.15, 0.2) is 0 Å². The van der Waals surface area contributed by atoms with Crippen molar-refractivity contribution in [1.29, 1.82) is 0 Å². The van der Waals surface area contributed by atoms with Gasteiger partial charge in [0.1, 0.15) is 0 Å². The van der Waals surface area contributed by atoms with Crippen LogP contribution < -0.4 is 0 Å². The summed E-state index contributed by atoms with van der Waals surface area (Å²) in [5.41, 5.74) is 0. The van der Waals surface area contributed by atoms with E-state index in [0.717, 1.165) is 64.2 Å². The summed E-state index contributed by atoms with van der Waals surface area (Å²) in [6.45, 7) is 5.40. The van der Waals surface area contributed by atoms with Gasteiger partial charge in [-0.15, -0.1) is 0 Å². The molecule has 0 aliphatic rings. The van der Waals surface area contributed by atoms with E-state index in [1.165, 1.54) is 25.7 Å². The van der Waals surface area contributed by atoms with E-state index in [0.29, 0.717) is 12.8 Å². The van der Waals surface area contributed by atoms with E-state index in [9.17, 15) is 15.3 Å². The zero-order valence-electron chi connectivity index (χ0n) is 17.1. The molecular weight excluding hydrogens is 328 g/mol. The van der Waals surface area contributed by atoms with Gasteiger partial charge in [-0.25, -0.2) is 0 Å². The van der Waals surface area contributed by atoms with Crippen molar-refractivity contribution in [1.82, 2.24) is 0 Å². The minimum atomic E-state index is -0.581. The summed E-state index contributed by atoms with van der Waals surface area (Å²) in [6, 6.07) is 0. The van der Waals surface area contributed by atoms with Crippen LogP contribution in [0.15, 0.2) is 0 Å². The second-order valence-corrected chi connectivity index (χ2v) is 8.03. The fourth-order valence-corrected chi connectivity index (χ4v) is 3.33. The molecule has 4 nitrogen and oxygen atoms in total. The largest absolute Gasteiger partial charge is 0.393 e. The van der Waals surface area contributed by atoms with E-state index >= 15 is 0 Å². The SMILES string of the molecule is [CH2]C(O)CCCCCCCCC(O)C(O)CCCCCCCCC(C)O. The monoisotopic (exact) mass is 373 g/mol. The Hall–Kier alpha value is -0.160. The maximum atomic E-state index is 10.0. The first kappa shape index (κ1) is 25.8. The van der Waals surface area contributed by atoms with Crippen LogP contribution in [0.1, 0.15) is 110 Å². The minimum absolute atomic E-state index is 0.181. The number of unbranched alkanes of at least 4 members (excludes halogenated alkanes) is 10. The molecule has 0 aromatic carbocycles. The van der Waals surface area contributed by atoms with E-state index in [4.69, 9.17) is 5.11 Å². The summed E-state index contributed by atoms with van der Waals surface area (Å²) in [5, 5.41) is 38.3. The van der Waals surface area contributed by atoms with Crippen LogP contribution in [-0.4, -0.2) is 44.8 Å². The second-order valence-electron chi connectivity index (χ2n) is 8.03. The Kier molecular flexibility index (Phi) is 18.1. The van der Waals surface area contributed by atoms with Gasteiger partial charge in [0.25, 0.3) is 0 Å². The molecule has 4 atom stereocenters. The topological polar surface area (TPSA) is 80.9 Å². The van der Waals surface area contributed by atoms with Gasteiger partial charge in [0, 0.05) is 0 Å². The van der Waals surface area contributed by atoms with E-state index in [1.54, 1.807) is 0 Å². The highest BCUT2D eigenvalue weighted by Crippen LogP contribution is 2.16. The fourth-order valence-electron chi connectivity index (χ4n) is 3.33. The number of aliphatic hydroxyl groups excluding tert-OH is 4. The molecule has 4 N–H and O–H groups in total. The van der Waals surface area contributed by atoms with Gasteiger partial charge in [-0.3, -0.25) is 0 Å². The van der Waals surface area contributed by atoms with Crippen LogP contribution in [-0.2, 0) is 0 Å². The van der Waals surface area contributed by atoms with Crippen molar-refractivity contribution in [3.63, 3.8) is 0 Å². The summed E-state index contributed by atoms with van der Waals surface area (Å²) in [5.74, 6) is 0. The van der Waals surface area contributed by atoms with Crippen molar-refractivity contribution >= 4 is 0 Å². The van der Waals surface area contributed by atoms with Crippen molar-refractivity contribution < 1.29 is 20.4 Å². The molecule has 0 heterocycles. The van der Waals surface area contributed by atoms with Crippen molar-refractivity contribution in [2.24, 2.45) is 0 Å². The molecule has 157 valence electrons. The van der Waals surface area contributed by atoms with Crippen molar-refractivity contribution in [3.8, 4) is 0 Å².